The van der Waals surface area contributed by atoms with E-state index in [2.05, 4.69) is 4.90 Å². The van der Waals surface area contributed by atoms with Crippen LogP contribution in [0.2, 0.25) is 5.02 Å². The van der Waals surface area contributed by atoms with E-state index in [-0.39, 0.29) is 0 Å². The molecule has 0 atom stereocenters. The molecule has 3 nitrogen and oxygen atoms in total. The second kappa shape index (κ2) is 8.59. The summed E-state index contributed by atoms with van der Waals surface area (Å²) in [5.74, 6) is 0.468. The normalized spacial score (nSPS) is 10.7. The predicted octanol–water partition coefficient (Wildman–Crippen LogP) is 3.18. The Kier molecular flexibility index (Phi) is 7.44. The van der Waals surface area contributed by atoms with Crippen molar-refractivity contribution >= 4 is 28.9 Å². The van der Waals surface area contributed by atoms with Crippen LogP contribution in [-0.4, -0.2) is 40.5 Å². The summed E-state index contributed by atoms with van der Waals surface area (Å²) < 4.78 is 10.2. The number of hydrogen-bond donors (Lipinski definition) is 0. The Morgan fingerprint density at radius 3 is 2.17 bits per heavy atom. The Hall–Kier alpha value is -0.480. The van der Waals surface area contributed by atoms with Gasteiger partial charge in [-0.15, -0.1) is 11.6 Å². The number of methoxy groups -OCH3 is 2. The van der Waals surface area contributed by atoms with E-state index < -0.39 is 0 Å². The average molecular weight is 292 g/mol. The molecule has 0 heterocycles. The first kappa shape index (κ1) is 15.6. The van der Waals surface area contributed by atoms with Crippen molar-refractivity contribution in [3.63, 3.8) is 0 Å². The molecular weight excluding hydrogens is 273 g/mol. The third-order valence-electron chi connectivity index (χ3n) is 2.64. The molecule has 1 rings (SSSR count). The molecule has 0 N–H and O–H groups in total. The standard InChI is InChI=1S/C13H19Cl2NO2/c1-17-7-5-16(6-8-18-2)13-4-3-11(10-14)9-12(13)15/h3-4,9H,5-8,10H2,1-2H3. The molecule has 0 radical (unpaired) electrons. The van der Waals surface area contributed by atoms with Gasteiger partial charge in [0.2, 0.25) is 0 Å². The lowest BCUT2D eigenvalue weighted by Crippen LogP contribution is -2.30. The van der Waals surface area contributed by atoms with Gasteiger partial charge in [-0.25, -0.2) is 0 Å². The largest absolute Gasteiger partial charge is 0.383 e. The van der Waals surface area contributed by atoms with Crippen molar-refractivity contribution in [2.24, 2.45) is 0 Å². The third kappa shape index (κ3) is 4.65. The Balaban J connectivity index is 2.82. The van der Waals surface area contributed by atoms with Gasteiger partial charge in [0.05, 0.1) is 23.9 Å². The number of anilines is 1. The lowest BCUT2D eigenvalue weighted by molar-refractivity contribution is 0.190. The molecule has 5 heteroatoms. The molecule has 0 bridgehead atoms. The molecule has 0 fully saturated rings. The van der Waals surface area contributed by atoms with Crippen LogP contribution in [0.15, 0.2) is 18.2 Å². The van der Waals surface area contributed by atoms with E-state index in [4.69, 9.17) is 32.7 Å². The molecule has 0 saturated carbocycles. The Bertz CT molecular complexity index is 353. The Morgan fingerprint density at radius 1 is 1.11 bits per heavy atom. The highest BCUT2D eigenvalue weighted by Crippen LogP contribution is 2.27. The Morgan fingerprint density at radius 2 is 1.72 bits per heavy atom. The monoisotopic (exact) mass is 291 g/mol. The van der Waals surface area contributed by atoms with Crippen molar-refractivity contribution in [1.29, 1.82) is 0 Å². The fraction of sp³-hybridized carbons (Fsp3) is 0.538. The van der Waals surface area contributed by atoms with Crippen molar-refractivity contribution in [3.05, 3.63) is 28.8 Å². The van der Waals surface area contributed by atoms with E-state index in [9.17, 15) is 0 Å². The topological polar surface area (TPSA) is 21.7 Å². The van der Waals surface area contributed by atoms with Crippen molar-refractivity contribution in [1.82, 2.24) is 0 Å². The molecule has 0 saturated heterocycles. The second-order valence-electron chi connectivity index (χ2n) is 3.89. The summed E-state index contributed by atoms with van der Waals surface area (Å²) in [4.78, 5) is 2.15. The van der Waals surface area contributed by atoms with Crippen LogP contribution >= 0.6 is 23.2 Å². The van der Waals surface area contributed by atoms with Crippen LogP contribution in [0.25, 0.3) is 0 Å². The van der Waals surface area contributed by atoms with Crippen LogP contribution in [-0.2, 0) is 15.4 Å². The summed E-state index contributed by atoms with van der Waals surface area (Å²) >= 11 is 12.1. The molecule has 18 heavy (non-hydrogen) atoms. The minimum atomic E-state index is 0.468. The third-order valence-corrected chi connectivity index (χ3v) is 3.25. The highest BCUT2D eigenvalue weighted by molar-refractivity contribution is 6.33. The molecular formula is C13H19Cl2NO2. The quantitative estimate of drug-likeness (QED) is 0.687. The van der Waals surface area contributed by atoms with Crippen LogP contribution in [0.1, 0.15) is 5.56 Å². The van der Waals surface area contributed by atoms with Crippen LogP contribution in [0.5, 0.6) is 0 Å². The zero-order chi connectivity index (χ0) is 13.4. The minimum absolute atomic E-state index is 0.468. The van der Waals surface area contributed by atoms with Gasteiger partial charge >= 0.3 is 0 Å². The fourth-order valence-electron chi connectivity index (χ4n) is 1.65. The zero-order valence-corrected chi connectivity index (χ0v) is 12.3. The smallest absolute Gasteiger partial charge is 0.0642 e. The Labute approximate surface area is 119 Å². The minimum Gasteiger partial charge on any atom is -0.383 e. The summed E-state index contributed by atoms with van der Waals surface area (Å²) in [5, 5.41) is 0.709. The molecule has 0 spiro atoms. The molecule has 1 aromatic rings. The van der Waals surface area contributed by atoms with Crippen molar-refractivity contribution < 1.29 is 9.47 Å². The molecule has 0 amide bonds. The van der Waals surface area contributed by atoms with Crippen LogP contribution in [0, 0.1) is 0 Å². The number of hydrogen-bond acceptors (Lipinski definition) is 3. The first-order valence-electron chi connectivity index (χ1n) is 5.80. The van der Waals surface area contributed by atoms with Gasteiger partial charge in [0.25, 0.3) is 0 Å². The van der Waals surface area contributed by atoms with Crippen LogP contribution in [0.4, 0.5) is 5.69 Å². The van der Waals surface area contributed by atoms with Crippen molar-refractivity contribution in [2.75, 3.05) is 45.4 Å². The van der Waals surface area contributed by atoms with Crippen molar-refractivity contribution in [2.45, 2.75) is 5.88 Å². The number of rotatable bonds is 8. The average Bonchev–Trinajstić information content (AvgIpc) is 2.39. The SMILES string of the molecule is COCCN(CCOC)c1ccc(CCl)cc1Cl. The van der Waals surface area contributed by atoms with Gasteiger partial charge in [0, 0.05) is 33.2 Å². The highest BCUT2D eigenvalue weighted by Gasteiger charge is 2.10. The van der Waals surface area contributed by atoms with Crippen molar-refractivity contribution in [3.8, 4) is 0 Å². The van der Waals surface area contributed by atoms with Gasteiger partial charge in [-0.3, -0.25) is 0 Å². The maximum absolute atomic E-state index is 6.28. The number of halogens is 2. The van der Waals surface area contributed by atoms with Gasteiger partial charge in [0.1, 0.15) is 0 Å². The van der Waals surface area contributed by atoms with E-state index in [1.807, 2.05) is 18.2 Å². The maximum atomic E-state index is 6.28. The van der Waals surface area contributed by atoms with E-state index in [0.717, 1.165) is 24.3 Å². The van der Waals surface area contributed by atoms with Gasteiger partial charge in [0.15, 0.2) is 0 Å². The lowest BCUT2D eigenvalue weighted by atomic mass is 10.2. The summed E-state index contributed by atoms with van der Waals surface area (Å²) in [6, 6.07) is 5.88. The summed E-state index contributed by atoms with van der Waals surface area (Å²) in [7, 11) is 3.37. The molecule has 102 valence electrons. The van der Waals surface area contributed by atoms with Crippen LogP contribution < -0.4 is 4.90 Å². The van der Waals surface area contributed by atoms with E-state index in [1.165, 1.54) is 0 Å². The van der Waals surface area contributed by atoms with E-state index in [0.29, 0.717) is 24.1 Å². The maximum Gasteiger partial charge on any atom is 0.0642 e. The molecule has 0 aliphatic rings. The molecule has 0 unspecified atom stereocenters. The number of alkyl halides is 1. The van der Waals surface area contributed by atoms with Gasteiger partial charge in [-0.2, -0.15) is 0 Å². The summed E-state index contributed by atoms with van der Waals surface area (Å²) in [5.41, 5.74) is 2.00. The highest BCUT2D eigenvalue weighted by atomic mass is 35.5. The van der Waals surface area contributed by atoms with E-state index in [1.54, 1.807) is 14.2 Å². The predicted molar refractivity (Wildman–Crippen MR) is 77.0 cm³/mol. The van der Waals surface area contributed by atoms with E-state index >= 15 is 0 Å². The molecule has 0 aliphatic heterocycles. The lowest BCUT2D eigenvalue weighted by Gasteiger charge is -2.25. The number of nitrogens with zero attached hydrogens (tertiary/aromatic N) is 1. The first-order chi connectivity index (χ1) is 8.72. The molecule has 0 aromatic heterocycles. The molecule has 0 aliphatic carbocycles. The van der Waals surface area contributed by atoms with Crippen LogP contribution in [0.3, 0.4) is 0 Å². The first-order valence-corrected chi connectivity index (χ1v) is 6.71. The zero-order valence-electron chi connectivity index (χ0n) is 10.8. The number of ether oxygens (including phenoxy) is 2. The molecule has 1 aromatic carbocycles. The van der Waals surface area contributed by atoms with Gasteiger partial charge in [-0.1, -0.05) is 17.7 Å². The second-order valence-corrected chi connectivity index (χ2v) is 4.57. The van der Waals surface area contributed by atoms with Gasteiger partial charge < -0.3 is 14.4 Å². The fourth-order valence-corrected chi connectivity index (χ4v) is 2.13. The summed E-state index contributed by atoms with van der Waals surface area (Å²) in [6.45, 7) is 2.86. The van der Waals surface area contributed by atoms with Gasteiger partial charge in [-0.05, 0) is 17.7 Å². The number of benzene rings is 1. The summed E-state index contributed by atoms with van der Waals surface area (Å²) in [6.07, 6.45) is 0.